The molecule has 0 saturated carbocycles. The number of hydrogen-bond acceptors (Lipinski definition) is 6. The first-order chi connectivity index (χ1) is 15.1. The molecule has 1 aliphatic rings. The molecule has 3 aromatic rings. The highest BCUT2D eigenvalue weighted by Gasteiger charge is 2.46. The van der Waals surface area contributed by atoms with Crippen LogP contribution in [0.25, 0.3) is 0 Å². The third-order valence-corrected chi connectivity index (χ3v) is 5.11. The Kier molecular flexibility index (Phi) is 6.73. The number of benzene rings is 2. The molecule has 31 heavy (non-hydrogen) atoms. The van der Waals surface area contributed by atoms with Gasteiger partial charge < -0.3 is 19.3 Å². The highest BCUT2D eigenvalue weighted by Crippen LogP contribution is 2.31. The number of hydrogen-bond donors (Lipinski definition) is 2. The van der Waals surface area contributed by atoms with Crippen LogP contribution in [0.2, 0.25) is 0 Å². The van der Waals surface area contributed by atoms with Gasteiger partial charge in [0, 0.05) is 12.3 Å². The number of rotatable bonds is 8. The van der Waals surface area contributed by atoms with Crippen molar-refractivity contribution in [1.29, 1.82) is 0 Å². The number of nitrogens with one attached hydrogen (secondary N) is 1. The Hall–Kier alpha value is -3.04. The zero-order valence-corrected chi connectivity index (χ0v) is 16.8. The van der Waals surface area contributed by atoms with E-state index in [1.807, 2.05) is 60.7 Å². The molecule has 0 radical (unpaired) electrons. The van der Waals surface area contributed by atoms with Gasteiger partial charge in [0.15, 0.2) is 6.23 Å². The molecule has 162 valence electrons. The summed E-state index contributed by atoms with van der Waals surface area (Å²) in [6, 6.07) is 20.5. The van der Waals surface area contributed by atoms with E-state index in [2.05, 4.69) is 4.98 Å². The second kappa shape index (κ2) is 9.84. The van der Waals surface area contributed by atoms with Crippen LogP contribution < -0.4 is 11.2 Å². The summed E-state index contributed by atoms with van der Waals surface area (Å²) in [5.74, 6) is 0. The third-order valence-electron chi connectivity index (χ3n) is 5.11. The normalized spacial score (nSPS) is 23.1. The lowest BCUT2D eigenvalue weighted by atomic mass is 10.1. The van der Waals surface area contributed by atoms with Crippen LogP contribution in [0.4, 0.5) is 0 Å². The smallest absolute Gasteiger partial charge is 0.330 e. The topological polar surface area (TPSA) is 103 Å². The third kappa shape index (κ3) is 5.18. The zero-order valence-electron chi connectivity index (χ0n) is 16.8. The quantitative estimate of drug-likeness (QED) is 0.569. The minimum Gasteiger partial charge on any atom is -0.386 e. The van der Waals surface area contributed by atoms with Gasteiger partial charge in [-0.25, -0.2) is 4.79 Å². The Labute approximate surface area is 178 Å². The number of nitrogens with zero attached hydrogens (tertiary/aromatic N) is 1. The van der Waals surface area contributed by atoms with Crippen LogP contribution in [-0.2, 0) is 27.4 Å². The van der Waals surface area contributed by atoms with Crippen molar-refractivity contribution in [3.05, 3.63) is 105 Å². The molecule has 0 spiro atoms. The van der Waals surface area contributed by atoms with Gasteiger partial charge in [0.2, 0.25) is 0 Å². The van der Waals surface area contributed by atoms with Crippen molar-refractivity contribution in [2.45, 2.75) is 37.8 Å². The van der Waals surface area contributed by atoms with E-state index >= 15 is 0 Å². The molecule has 1 aromatic heterocycles. The van der Waals surface area contributed by atoms with Crippen LogP contribution in [0.1, 0.15) is 17.4 Å². The van der Waals surface area contributed by atoms with Gasteiger partial charge in [-0.15, -0.1) is 0 Å². The van der Waals surface area contributed by atoms with E-state index in [4.69, 9.17) is 14.2 Å². The summed E-state index contributed by atoms with van der Waals surface area (Å²) in [4.78, 5) is 25.8. The Morgan fingerprint density at radius 1 is 0.935 bits per heavy atom. The van der Waals surface area contributed by atoms with Crippen LogP contribution >= 0.6 is 0 Å². The maximum absolute atomic E-state index is 12.2. The Bertz CT molecular complexity index is 1080. The Morgan fingerprint density at radius 3 is 2.23 bits per heavy atom. The molecule has 0 bridgehead atoms. The first-order valence-corrected chi connectivity index (χ1v) is 10.0. The summed E-state index contributed by atoms with van der Waals surface area (Å²) in [7, 11) is 0. The molecule has 0 aliphatic carbocycles. The van der Waals surface area contributed by atoms with E-state index < -0.39 is 35.8 Å². The van der Waals surface area contributed by atoms with Crippen molar-refractivity contribution < 1.29 is 19.3 Å². The Morgan fingerprint density at radius 2 is 1.58 bits per heavy atom. The fraction of sp³-hybridized carbons (Fsp3) is 0.304. The maximum atomic E-state index is 12.2. The number of H-pyrrole nitrogens is 1. The molecule has 0 unspecified atom stereocenters. The van der Waals surface area contributed by atoms with Crippen molar-refractivity contribution in [3.63, 3.8) is 0 Å². The van der Waals surface area contributed by atoms with E-state index in [1.165, 1.54) is 12.3 Å². The molecule has 2 N–H and O–H groups in total. The average molecular weight is 424 g/mol. The fourth-order valence-electron chi connectivity index (χ4n) is 3.55. The molecule has 8 nitrogen and oxygen atoms in total. The lowest BCUT2D eigenvalue weighted by molar-refractivity contribution is -0.0833. The van der Waals surface area contributed by atoms with Gasteiger partial charge in [-0.05, 0) is 11.1 Å². The van der Waals surface area contributed by atoms with Gasteiger partial charge in [-0.3, -0.25) is 14.3 Å². The maximum Gasteiger partial charge on any atom is 0.330 e. The van der Waals surface area contributed by atoms with Crippen LogP contribution in [0.3, 0.4) is 0 Å². The molecule has 1 fully saturated rings. The number of ether oxygens (including phenoxy) is 3. The van der Waals surface area contributed by atoms with E-state index in [1.54, 1.807) is 0 Å². The predicted octanol–water partition coefficient (Wildman–Crippen LogP) is 1.60. The first-order valence-electron chi connectivity index (χ1n) is 10.0. The van der Waals surface area contributed by atoms with Gasteiger partial charge in [0.05, 0.1) is 19.8 Å². The molecular weight excluding hydrogens is 400 g/mol. The van der Waals surface area contributed by atoms with Crippen LogP contribution in [0.5, 0.6) is 0 Å². The van der Waals surface area contributed by atoms with Crippen molar-refractivity contribution >= 4 is 0 Å². The molecule has 8 heteroatoms. The van der Waals surface area contributed by atoms with Crippen LogP contribution in [-0.4, -0.2) is 39.6 Å². The number of aromatic amines is 1. The number of aromatic nitrogens is 2. The first kappa shape index (κ1) is 21.2. The number of aliphatic hydroxyl groups is 1. The molecule has 4 atom stereocenters. The van der Waals surface area contributed by atoms with E-state index in [0.717, 1.165) is 15.7 Å². The highest BCUT2D eigenvalue weighted by molar-refractivity contribution is 5.14. The minimum absolute atomic E-state index is 0.167. The summed E-state index contributed by atoms with van der Waals surface area (Å²) < 4.78 is 18.9. The van der Waals surface area contributed by atoms with Crippen LogP contribution in [0.15, 0.2) is 82.5 Å². The van der Waals surface area contributed by atoms with Gasteiger partial charge in [0.1, 0.15) is 18.3 Å². The second-order valence-corrected chi connectivity index (χ2v) is 7.34. The van der Waals surface area contributed by atoms with Crippen molar-refractivity contribution in [3.8, 4) is 0 Å². The summed E-state index contributed by atoms with van der Waals surface area (Å²) in [6.45, 7) is 0.819. The monoisotopic (exact) mass is 424 g/mol. The number of aliphatic hydroxyl groups excluding tert-OH is 1. The Balaban J connectivity index is 1.49. The molecule has 2 aromatic carbocycles. The van der Waals surface area contributed by atoms with Crippen molar-refractivity contribution in [1.82, 2.24) is 9.55 Å². The van der Waals surface area contributed by atoms with Gasteiger partial charge in [0.25, 0.3) is 5.56 Å². The molecule has 1 aliphatic heterocycles. The fourth-order valence-corrected chi connectivity index (χ4v) is 3.55. The van der Waals surface area contributed by atoms with E-state index in [0.29, 0.717) is 6.61 Å². The molecule has 1 saturated heterocycles. The molecular formula is C23H24N2O6. The highest BCUT2D eigenvalue weighted by atomic mass is 16.6. The lowest BCUT2D eigenvalue weighted by Crippen LogP contribution is -2.39. The standard InChI is InChI=1S/C23H24N2O6/c26-19-11-12-25(23(28)24-19)22-20(27)21(30-14-17-9-5-2-6-10-17)18(31-22)15-29-13-16-7-3-1-4-8-16/h1-12,18,20-22,27H,13-15H2,(H,24,26,28)/t18-,20+,21-,22-/m1/s1. The van der Waals surface area contributed by atoms with Gasteiger partial charge >= 0.3 is 5.69 Å². The predicted molar refractivity (Wildman–Crippen MR) is 112 cm³/mol. The SMILES string of the molecule is O=c1ccn([C@@H]2O[C@H](COCc3ccccc3)[C@@H](OCc3ccccc3)[C@@H]2O)c(=O)[nH]1. The molecule has 0 amide bonds. The summed E-state index contributed by atoms with van der Waals surface area (Å²) in [6.07, 6.45) is -2.16. The van der Waals surface area contributed by atoms with Crippen molar-refractivity contribution in [2.75, 3.05) is 6.61 Å². The average Bonchev–Trinajstić information content (AvgIpc) is 3.09. The lowest BCUT2D eigenvalue weighted by Gasteiger charge is -2.21. The summed E-state index contributed by atoms with van der Waals surface area (Å²) >= 11 is 0. The summed E-state index contributed by atoms with van der Waals surface area (Å²) in [5.41, 5.74) is 0.775. The van der Waals surface area contributed by atoms with Gasteiger partial charge in [-0.2, -0.15) is 0 Å². The zero-order chi connectivity index (χ0) is 21.6. The molecule has 4 rings (SSSR count). The minimum atomic E-state index is -1.13. The van der Waals surface area contributed by atoms with Crippen molar-refractivity contribution in [2.24, 2.45) is 0 Å². The van der Waals surface area contributed by atoms with E-state index in [9.17, 15) is 14.7 Å². The summed E-state index contributed by atoms with van der Waals surface area (Å²) in [5, 5.41) is 10.9. The van der Waals surface area contributed by atoms with Gasteiger partial charge in [-0.1, -0.05) is 60.7 Å². The van der Waals surface area contributed by atoms with E-state index in [-0.39, 0.29) is 13.2 Å². The molecule has 2 heterocycles. The van der Waals surface area contributed by atoms with Crippen LogP contribution in [0, 0.1) is 0 Å². The largest absolute Gasteiger partial charge is 0.386 e. The second-order valence-electron chi connectivity index (χ2n) is 7.34.